The van der Waals surface area contributed by atoms with E-state index < -0.39 is 4.92 Å². The van der Waals surface area contributed by atoms with Gasteiger partial charge in [0.1, 0.15) is 5.75 Å². The average molecular weight is 355 g/mol. The zero-order valence-electron chi connectivity index (χ0n) is 14.7. The lowest BCUT2D eigenvalue weighted by Crippen LogP contribution is -2.17. The fraction of sp³-hybridized carbons (Fsp3) is 0.263. The number of non-ortho nitro benzene ring substituents is 1. The van der Waals surface area contributed by atoms with Crippen LogP contribution in [0.25, 0.3) is 0 Å². The molecule has 0 fully saturated rings. The monoisotopic (exact) mass is 355 g/mol. The standard InChI is InChI=1S/C19H21N3O4/c1-14(2)10-11-26-18-8-6-16(7-9-18)19(23)21-20-13-15-4-3-5-17(12-15)22(24)25/h3-9,12-14H,10-11H2,1-2H3,(H,21,23)/b20-13-. The van der Waals surface area contributed by atoms with Crippen molar-refractivity contribution in [2.24, 2.45) is 11.0 Å². The third-order valence-corrected chi connectivity index (χ3v) is 3.54. The molecule has 1 amide bonds. The fourth-order valence-electron chi connectivity index (χ4n) is 2.06. The van der Waals surface area contributed by atoms with Crippen molar-refractivity contribution in [3.8, 4) is 5.75 Å². The molecule has 0 heterocycles. The van der Waals surface area contributed by atoms with E-state index in [9.17, 15) is 14.9 Å². The van der Waals surface area contributed by atoms with Gasteiger partial charge in [0.2, 0.25) is 0 Å². The molecule has 1 N–H and O–H groups in total. The zero-order valence-corrected chi connectivity index (χ0v) is 14.7. The first-order chi connectivity index (χ1) is 12.5. The first-order valence-corrected chi connectivity index (χ1v) is 8.26. The summed E-state index contributed by atoms with van der Waals surface area (Å²) in [7, 11) is 0. The summed E-state index contributed by atoms with van der Waals surface area (Å²) < 4.78 is 5.60. The van der Waals surface area contributed by atoms with Crippen molar-refractivity contribution in [1.29, 1.82) is 0 Å². The Labute approximate surface area is 151 Å². The SMILES string of the molecule is CC(C)CCOc1ccc(C(=O)N/N=C\c2cccc([N+](=O)[O-])c2)cc1. The van der Waals surface area contributed by atoms with Crippen molar-refractivity contribution in [2.75, 3.05) is 6.61 Å². The van der Waals surface area contributed by atoms with Crippen LogP contribution in [-0.2, 0) is 0 Å². The number of hydrazone groups is 1. The molecule has 0 aliphatic rings. The minimum absolute atomic E-state index is 0.0340. The Balaban J connectivity index is 1.89. The molecule has 0 aliphatic heterocycles. The molecule has 0 unspecified atom stereocenters. The summed E-state index contributed by atoms with van der Waals surface area (Å²) in [6.45, 7) is 4.90. The lowest BCUT2D eigenvalue weighted by Gasteiger charge is -2.08. The molecule has 2 aromatic carbocycles. The van der Waals surface area contributed by atoms with Gasteiger partial charge in [-0.2, -0.15) is 5.10 Å². The van der Waals surface area contributed by atoms with Gasteiger partial charge in [0.25, 0.3) is 11.6 Å². The van der Waals surface area contributed by atoms with Crippen LogP contribution in [0.1, 0.15) is 36.2 Å². The molecule has 0 aliphatic carbocycles. The lowest BCUT2D eigenvalue weighted by atomic mass is 10.1. The number of benzene rings is 2. The van der Waals surface area contributed by atoms with Crippen LogP contribution in [0.2, 0.25) is 0 Å². The van der Waals surface area contributed by atoms with Gasteiger partial charge in [-0.25, -0.2) is 5.43 Å². The van der Waals surface area contributed by atoms with E-state index in [2.05, 4.69) is 24.4 Å². The maximum atomic E-state index is 12.1. The van der Waals surface area contributed by atoms with E-state index in [1.807, 2.05) is 0 Å². The Morgan fingerprint density at radius 2 is 2.00 bits per heavy atom. The maximum Gasteiger partial charge on any atom is 0.271 e. The molecular formula is C19H21N3O4. The van der Waals surface area contributed by atoms with E-state index in [-0.39, 0.29) is 11.6 Å². The van der Waals surface area contributed by atoms with E-state index in [4.69, 9.17) is 4.74 Å². The second-order valence-electron chi connectivity index (χ2n) is 6.11. The number of rotatable bonds is 8. The first kappa shape index (κ1) is 19.1. The second kappa shape index (κ2) is 9.31. The number of hydrogen-bond donors (Lipinski definition) is 1. The van der Waals surface area contributed by atoms with Gasteiger partial charge >= 0.3 is 0 Å². The second-order valence-corrected chi connectivity index (χ2v) is 6.11. The number of nitro benzene ring substituents is 1. The highest BCUT2D eigenvalue weighted by molar-refractivity contribution is 5.95. The van der Waals surface area contributed by atoms with Gasteiger partial charge in [0.05, 0.1) is 17.7 Å². The van der Waals surface area contributed by atoms with Crippen LogP contribution in [0.15, 0.2) is 53.6 Å². The Bertz CT molecular complexity index is 786. The van der Waals surface area contributed by atoms with E-state index >= 15 is 0 Å². The van der Waals surface area contributed by atoms with Crippen LogP contribution in [-0.4, -0.2) is 23.7 Å². The molecule has 26 heavy (non-hydrogen) atoms. The Kier molecular flexibility index (Phi) is 6.84. The van der Waals surface area contributed by atoms with Crippen molar-refractivity contribution < 1.29 is 14.5 Å². The number of carbonyl (C=O) groups is 1. The van der Waals surface area contributed by atoms with Crippen LogP contribution in [0.3, 0.4) is 0 Å². The summed E-state index contributed by atoms with van der Waals surface area (Å²) in [5, 5.41) is 14.6. The summed E-state index contributed by atoms with van der Waals surface area (Å²) in [6, 6.07) is 12.8. The molecule has 7 nitrogen and oxygen atoms in total. The molecule has 0 atom stereocenters. The highest BCUT2D eigenvalue weighted by Gasteiger charge is 2.06. The Morgan fingerprint density at radius 3 is 2.65 bits per heavy atom. The lowest BCUT2D eigenvalue weighted by molar-refractivity contribution is -0.384. The largest absolute Gasteiger partial charge is 0.494 e. The van der Waals surface area contributed by atoms with Crippen molar-refractivity contribution in [1.82, 2.24) is 5.43 Å². The van der Waals surface area contributed by atoms with E-state index in [0.717, 1.165) is 6.42 Å². The number of nitro groups is 1. The molecule has 0 bridgehead atoms. The number of nitrogens with zero attached hydrogens (tertiary/aromatic N) is 2. The molecule has 7 heteroatoms. The highest BCUT2D eigenvalue weighted by Crippen LogP contribution is 2.14. The molecule has 0 saturated heterocycles. The minimum atomic E-state index is -0.485. The van der Waals surface area contributed by atoms with Crippen molar-refractivity contribution in [2.45, 2.75) is 20.3 Å². The normalized spacial score (nSPS) is 10.9. The summed E-state index contributed by atoms with van der Waals surface area (Å²) in [4.78, 5) is 22.3. The number of nitrogens with one attached hydrogen (secondary N) is 1. The van der Waals surface area contributed by atoms with Gasteiger partial charge in [0.15, 0.2) is 0 Å². The third-order valence-electron chi connectivity index (χ3n) is 3.54. The Hall–Kier alpha value is -3.22. The molecule has 0 saturated carbocycles. The number of hydrogen-bond acceptors (Lipinski definition) is 5. The summed E-state index contributed by atoms with van der Waals surface area (Å²) in [6.07, 6.45) is 2.32. The molecule has 0 radical (unpaired) electrons. The average Bonchev–Trinajstić information content (AvgIpc) is 2.62. The van der Waals surface area contributed by atoms with E-state index in [0.29, 0.717) is 29.4 Å². The van der Waals surface area contributed by atoms with Gasteiger partial charge in [-0.1, -0.05) is 26.0 Å². The molecule has 0 spiro atoms. The topological polar surface area (TPSA) is 93.8 Å². The molecule has 0 aromatic heterocycles. The minimum Gasteiger partial charge on any atom is -0.494 e. The van der Waals surface area contributed by atoms with Crippen molar-refractivity contribution in [3.63, 3.8) is 0 Å². The van der Waals surface area contributed by atoms with E-state index in [1.165, 1.54) is 18.3 Å². The zero-order chi connectivity index (χ0) is 18.9. The van der Waals surface area contributed by atoms with Crippen LogP contribution in [0.5, 0.6) is 5.75 Å². The molecular weight excluding hydrogens is 334 g/mol. The van der Waals surface area contributed by atoms with E-state index in [1.54, 1.807) is 36.4 Å². The third kappa shape index (κ3) is 6.01. The van der Waals surface area contributed by atoms with Crippen LogP contribution >= 0.6 is 0 Å². The van der Waals surface area contributed by atoms with Crippen LogP contribution < -0.4 is 10.2 Å². The quantitative estimate of drug-likeness (QED) is 0.443. The molecule has 136 valence electrons. The summed E-state index contributed by atoms with van der Waals surface area (Å²) in [5.41, 5.74) is 3.32. The number of ether oxygens (including phenoxy) is 1. The fourth-order valence-corrected chi connectivity index (χ4v) is 2.06. The highest BCUT2D eigenvalue weighted by atomic mass is 16.6. The van der Waals surface area contributed by atoms with Gasteiger partial charge in [-0.15, -0.1) is 0 Å². The van der Waals surface area contributed by atoms with Crippen LogP contribution in [0.4, 0.5) is 5.69 Å². The number of carbonyl (C=O) groups excluding carboxylic acids is 1. The smallest absolute Gasteiger partial charge is 0.271 e. The summed E-state index contributed by atoms with van der Waals surface area (Å²) >= 11 is 0. The molecule has 2 aromatic rings. The van der Waals surface area contributed by atoms with Gasteiger partial charge in [-0.3, -0.25) is 14.9 Å². The predicted octanol–water partition coefficient (Wildman–Crippen LogP) is 3.78. The van der Waals surface area contributed by atoms with Crippen LogP contribution in [0, 0.1) is 16.0 Å². The molecule has 2 rings (SSSR count). The number of amides is 1. The maximum absolute atomic E-state index is 12.1. The predicted molar refractivity (Wildman–Crippen MR) is 99.5 cm³/mol. The Morgan fingerprint density at radius 1 is 1.27 bits per heavy atom. The van der Waals surface area contributed by atoms with Gasteiger partial charge < -0.3 is 4.74 Å². The van der Waals surface area contributed by atoms with Gasteiger partial charge in [0, 0.05) is 23.3 Å². The van der Waals surface area contributed by atoms with Crippen molar-refractivity contribution in [3.05, 3.63) is 69.8 Å². The van der Waals surface area contributed by atoms with Gasteiger partial charge in [-0.05, 0) is 36.6 Å². The van der Waals surface area contributed by atoms with Crippen molar-refractivity contribution >= 4 is 17.8 Å². The first-order valence-electron chi connectivity index (χ1n) is 8.26. The summed E-state index contributed by atoms with van der Waals surface area (Å²) in [5.74, 6) is 0.909.